The number of nitrogens with zero attached hydrogens (tertiary/aromatic N) is 4. The molecule has 2 amide bonds. The Morgan fingerprint density at radius 1 is 1.04 bits per heavy atom. The Bertz CT molecular complexity index is 536. The van der Waals surface area contributed by atoms with Crippen LogP contribution in [0.1, 0.15) is 19.8 Å². The van der Waals surface area contributed by atoms with Gasteiger partial charge in [0.05, 0.1) is 0 Å². The molecule has 0 spiro atoms. The van der Waals surface area contributed by atoms with Gasteiger partial charge in [-0.15, -0.1) is 0 Å². The fourth-order valence-electron chi connectivity index (χ4n) is 3.55. The van der Waals surface area contributed by atoms with Crippen LogP contribution in [0.15, 0.2) is 24.3 Å². The lowest BCUT2D eigenvalue weighted by atomic mass is 10.0. The minimum atomic E-state index is 0.0983. The van der Waals surface area contributed by atoms with Gasteiger partial charge in [-0.2, -0.15) is 0 Å². The van der Waals surface area contributed by atoms with Crippen molar-refractivity contribution >= 4 is 17.4 Å². The fraction of sp³-hybridized carbons (Fsp3) is 0.611. The summed E-state index contributed by atoms with van der Waals surface area (Å²) in [4.78, 5) is 20.6. The van der Waals surface area contributed by atoms with Crippen molar-refractivity contribution in [2.24, 2.45) is 0 Å². The Morgan fingerprint density at radius 3 is 2.17 bits per heavy atom. The first kappa shape index (κ1) is 16.1. The third kappa shape index (κ3) is 3.29. The minimum Gasteiger partial charge on any atom is -0.371 e. The highest BCUT2D eigenvalue weighted by atomic mass is 16.2. The summed E-state index contributed by atoms with van der Waals surface area (Å²) in [5.41, 5.74) is 2.27. The van der Waals surface area contributed by atoms with Crippen LogP contribution in [-0.2, 0) is 0 Å². The first-order chi connectivity index (χ1) is 11.1. The summed E-state index contributed by atoms with van der Waals surface area (Å²) >= 11 is 0. The Hall–Kier alpha value is -1.75. The number of urea groups is 1. The average Bonchev–Trinajstić information content (AvgIpc) is 2.94. The van der Waals surface area contributed by atoms with Crippen molar-refractivity contribution in [3.63, 3.8) is 0 Å². The average molecular weight is 316 g/mol. The number of benzene rings is 1. The number of piperidine rings is 1. The zero-order valence-corrected chi connectivity index (χ0v) is 14.5. The van der Waals surface area contributed by atoms with E-state index in [0.717, 1.165) is 38.4 Å². The maximum atomic E-state index is 12.1. The molecule has 5 heteroatoms. The molecule has 0 N–H and O–H groups in total. The molecule has 1 aromatic rings. The van der Waals surface area contributed by atoms with Crippen LogP contribution in [0, 0.1) is 0 Å². The van der Waals surface area contributed by atoms with Crippen LogP contribution in [0.3, 0.4) is 0 Å². The molecule has 0 aromatic heterocycles. The van der Waals surface area contributed by atoms with Crippen LogP contribution in [-0.4, -0.2) is 68.7 Å². The summed E-state index contributed by atoms with van der Waals surface area (Å²) < 4.78 is 0. The molecule has 23 heavy (non-hydrogen) atoms. The van der Waals surface area contributed by atoms with Gasteiger partial charge in [0.2, 0.25) is 0 Å². The van der Waals surface area contributed by atoms with E-state index >= 15 is 0 Å². The molecule has 0 aliphatic carbocycles. The lowest BCUT2D eigenvalue weighted by molar-refractivity contribution is 0.218. The van der Waals surface area contributed by atoms with Crippen LogP contribution in [0.2, 0.25) is 0 Å². The van der Waals surface area contributed by atoms with Crippen LogP contribution in [0.4, 0.5) is 16.2 Å². The molecule has 0 atom stereocenters. The highest BCUT2D eigenvalue weighted by molar-refractivity contribution is 5.94. The van der Waals surface area contributed by atoms with Crippen molar-refractivity contribution in [1.29, 1.82) is 0 Å². The Kier molecular flexibility index (Phi) is 4.76. The van der Waals surface area contributed by atoms with Crippen LogP contribution < -0.4 is 9.80 Å². The topological polar surface area (TPSA) is 30.0 Å². The molecule has 2 aliphatic heterocycles. The monoisotopic (exact) mass is 316 g/mol. The number of carbonyl (C=O) groups is 1. The second-order valence-electron chi connectivity index (χ2n) is 6.66. The fourth-order valence-corrected chi connectivity index (χ4v) is 3.55. The zero-order chi connectivity index (χ0) is 16.4. The summed E-state index contributed by atoms with van der Waals surface area (Å²) in [7, 11) is 4.08. The summed E-state index contributed by atoms with van der Waals surface area (Å²) in [5.74, 6) is 0. The van der Waals surface area contributed by atoms with Crippen molar-refractivity contribution in [2.45, 2.75) is 25.8 Å². The number of hydrogen-bond donors (Lipinski definition) is 0. The highest BCUT2D eigenvalue weighted by Gasteiger charge is 2.27. The van der Waals surface area contributed by atoms with E-state index in [1.54, 1.807) is 4.90 Å². The van der Waals surface area contributed by atoms with E-state index in [1.165, 1.54) is 18.5 Å². The Morgan fingerprint density at radius 2 is 1.65 bits per heavy atom. The van der Waals surface area contributed by atoms with Crippen molar-refractivity contribution < 1.29 is 4.79 Å². The van der Waals surface area contributed by atoms with E-state index in [0.29, 0.717) is 6.04 Å². The molecule has 2 saturated heterocycles. The van der Waals surface area contributed by atoms with Gasteiger partial charge in [0, 0.05) is 50.6 Å². The van der Waals surface area contributed by atoms with E-state index in [-0.39, 0.29) is 6.03 Å². The minimum absolute atomic E-state index is 0.0983. The largest absolute Gasteiger partial charge is 0.371 e. The van der Waals surface area contributed by atoms with Gasteiger partial charge in [0.25, 0.3) is 0 Å². The molecule has 0 bridgehead atoms. The van der Waals surface area contributed by atoms with Gasteiger partial charge in [-0.25, -0.2) is 4.79 Å². The van der Waals surface area contributed by atoms with E-state index in [9.17, 15) is 4.79 Å². The van der Waals surface area contributed by atoms with Gasteiger partial charge in [-0.05, 0) is 50.7 Å². The third-order valence-electron chi connectivity index (χ3n) is 5.33. The molecule has 0 radical (unpaired) electrons. The molecule has 2 fully saturated rings. The van der Waals surface area contributed by atoms with Gasteiger partial charge in [-0.3, -0.25) is 4.90 Å². The summed E-state index contributed by atoms with van der Waals surface area (Å²) in [6, 6.07) is 9.29. The number of likely N-dealkylation sites (N-methyl/N-ethyl adjacent to an activating group) is 1. The van der Waals surface area contributed by atoms with Crippen molar-refractivity contribution in [1.82, 2.24) is 9.80 Å². The van der Waals surface area contributed by atoms with Crippen LogP contribution in [0.5, 0.6) is 0 Å². The van der Waals surface area contributed by atoms with Gasteiger partial charge >= 0.3 is 6.03 Å². The van der Waals surface area contributed by atoms with Crippen molar-refractivity contribution in [2.75, 3.05) is 56.6 Å². The quantitative estimate of drug-likeness (QED) is 0.855. The third-order valence-corrected chi connectivity index (χ3v) is 5.33. The normalized spacial score (nSPS) is 20.0. The lowest BCUT2D eigenvalue weighted by Gasteiger charge is -2.37. The van der Waals surface area contributed by atoms with Gasteiger partial charge in [-0.1, -0.05) is 6.92 Å². The maximum absolute atomic E-state index is 12.1. The Balaban J connectivity index is 1.61. The van der Waals surface area contributed by atoms with Crippen LogP contribution in [0.25, 0.3) is 0 Å². The zero-order valence-electron chi connectivity index (χ0n) is 14.5. The summed E-state index contributed by atoms with van der Waals surface area (Å²) in [5, 5.41) is 0. The molecule has 2 heterocycles. The molecule has 1 aromatic carbocycles. The highest BCUT2D eigenvalue weighted by Crippen LogP contribution is 2.26. The van der Waals surface area contributed by atoms with E-state index in [1.807, 2.05) is 11.9 Å². The second kappa shape index (κ2) is 6.79. The second-order valence-corrected chi connectivity index (χ2v) is 6.66. The predicted molar refractivity (Wildman–Crippen MR) is 95.4 cm³/mol. The maximum Gasteiger partial charge on any atom is 0.324 e. The first-order valence-electron chi connectivity index (χ1n) is 8.68. The predicted octanol–water partition coefficient (Wildman–Crippen LogP) is 2.48. The van der Waals surface area contributed by atoms with Crippen molar-refractivity contribution in [3.8, 4) is 0 Å². The molecule has 3 rings (SSSR count). The van der Waals surface area contributed by atoms with Gasteiger partial charge in [0.15, 0.2) is 0 Å². The van der Waals surface area contributed by atoms with Crippen LogP contribution >= 0.6 is 0 Å². The number of hydrogen-bond acceptors (Lipinski definition) is 3. The van der Waals surface area contributed by atoms with E-state index < -0.39 is 0 Å². The molecule has 126 valence electrons. The van der Waals surface area contributed by atoms with Gasteiger partial charge < -0.3 is 14.7 Å². The number of carbonyl (C=O) groups excluding carboxylic acids is 1. The summed E-state index contributed by atoms with van der Waals surface area (Å²) in [6.45, 7) is 7.15. The molecule has 2 aliphatic rings. The number of anilines is 2. The number of rotatable bonds is 4. The molecular weight excluding hydrogens is 288 g/mol. The van der Waals surface area contributed by atoms with Gasteiger partial charge in [0.1, 0.15) is 0 Å². The SMILES string of the molecule is CCN(C)C1CCN(c2ccc(N3CCN(C)C3=O)cc2)CC1. The molecular formula is C18H28N4O. The molecule has 0 saturated carbocycles. The Labute approximate surface area is 139 Å². The van der Waals surface area contributed by atoms with E-state index in [4.69, 9.17) is 0 Å². The lowest BCUT2D eigenvalue weighted by Crippen LogP contribution is -2.43. The van der Waals surface area contributed by atoms with Crippen molar-refractivity contribution in [3.05, 3.63) is 24.3 Å². The molecule has 0 unspecified atom stereocenters. The first-order valence-corrected chi connectivity index (χ1v) is 8.68. The standard InChI is InChI=1S/C18H28N4O/c1-4-19(2)15-9-11-21(12-10-15)16-5-7-17(8-6-16)22-14-13-20(3)18(22)23/h5-8,15H,4,9-14H2,1-3H3. The van der Waals surface area contributed by atoms with E-state index in [2.05, 4.69) is 48.0 Å². The smallest absolute Gasteiger partial charge is 0.324 e. The summed E-state index contributed by atoms with van der Waals surface area (Å²) in [6.07, 6.45) is 2.45. The molecule has 5 nitrogen and oxygen atoms in total. The number of amides is 2.